The van der Waals surface area contributed by atoms with Crippen LogP contribution in [-0.2, 0) is 10.0 Å². The van der Waals surface area contributed by atoms with Crippen LogP contribution in [0.5, 0.6) is 0 Å². The van der Waals surface area contributed by atoms with Crippen molar-refractivity contribution in [2.75, 3.05) is 13.1 Å². The van der Waals surface area contributed by atoms with Crippen molar-refractivity contribution in [2.45, 2.75) is 23.8 Å². The van der Waals surface area contributed by atoms with Gasteiger partial charge in [0.25, 0.3) is 0 Å². The molecule has 1 aromatic heterocycles. The molecule has 0 amide bonds. The molecular weight excluding hydrogens is 358 g/mol. The SMILES string of the molecule is O=C(O)c1cc(S(=O)(=O)N2CCC(O)CC2)c(Br)s1. The largest absolute Gasteiger partial charge is 0.477 e. The fourth-order valence-corrected chi connectivity index (χ4v) is 5.68. The molecule has 2 rings (SSSR count). The molecule has 2 heterocycles. The molecule has 0 radical (unpaired) electrons. The number of carboxylic acid groups (broad SMARTS) is 1. The zero-order valence-corrected chi connectivity index (χ0v) is 13.0. The summed E-state index contributed by atoms with van der Waals surface area (Å²) in [5.41, 5.74) is 0. The second-order valence-corrected chi connectivity index (χ2v) is 8.47. The van der Waals surface area contributed by atoms with E-state index in [9.17, 15) is 18.3 Å². The quantitative estimate of drug-likeness (QED) is 0.838. The zero-order chi connectivity index (χ0) is 14.2. The number of hydrogen-bond acceptors (Lipinski definition) is 5. The monoisotopic (exact) mass is 369 g/mol. The smallest absolute Gasteiger partial charge is 0.345 e. The summed E-state index contributed by atoms with van der Waals surface area (Å²) in [6.45, 7) is 0.488. The lowest BCUT2D eigenvalue weighted by atomic mass is 10.1. The molecular formula is C10H12BrNO5S2. The van der Waals surface area contributed by atoms with Crippen LogP contribution in [-0.4, -0.2) is 48.1 Å². The van der Waals surface area contributed by atoms with Gasteiger partial charge in [-0.25, -0.2) is 13.2 Å². The minimum atomic E-state index is -3.71. The standard InChI is InChI=1S/C10H12BrNO5S2/c11-9-8(5-7(18-9)10(14)15)19(16,17)12-3-1-6(13)2-4-12/h5-6,13H,1-4H2,(H,14,15). The molecule has 1 saturated heterocycles. The van der Waals surface area contributed by atoms with Gasteiger partial charge in [0, 0.05) is 13.1 Å². The van der Waals surface area contributed by atoms with Crippen LogP contribution in [0.25, 0.3) is 0 Å². The summed E-state index contributed by atoms with van der Waals surface area (Å²) in [5.74, 6) is -1.15. The summed E-state index contributed by atoms with van der Waals surface area (Å²) >= 11 is 3.98. The number of aromatic carboxylic acids is 1. The number of rotatable bonds is 3. The number of halogens is 1. The molecule has 1 fully saturated rings. The summed E-state index contributed by atoms with van der Waals surface area (Å²) in [5, 5.41) is 18.3. The molecule has 19 heavy (non-hydrogen) atoms. The second kappa shape index (κ2) is 5.49. The van der Waals surface area contributed by atoms with Gasteiger partial charge in [-0.1, -0.05) is 0 Å². The third kappa shape index (κ3) is 3.00. The van der Waals surface area contributed by atoms with Crippen LogP contribution < -0.4 is 0 Å². The van der Waals surface area contributed by atoms with E-state index in [0.29, 0.717) is 12.8 Å². The summed E-state index contributed by atoms with van der Waals surface area (Å²) in [7, 11) is -3.71. The van der Waals surface area contributed by atoms with Crippen LogP contribution in [0.1, 0.15) is 22.5 Å². The summed E-state index contributed by atoms with van der Waals surface area (Å²) in [6.07, 6.45) is 0.325. The van der Waals surface area contributed by atoms with Gasteiger partial charge in [-0.2, -0.15) is 4.31 Å². The third-order valence-electron chi connectivity index (χ3n) is 2.91. The maximum absolute atomic E-state index is 12.4. The van der Waals surface area contributed by atoms with Gasteiger partial charge in [0.15, 0.2) is 0 Å². The molecule has 9 heteroatoms. The van der Waals surface area contributed by atoms with Gasteiger partial charge in [0.05, 0.1) is 9.89 Å². The highest BCUT2D eigenvalue weighted by Gasteiger charge is 2.32. The Hall–Kier alpha value is -0.480. The maximum atomic E-state index is 12.4. The molecule has 0 spiro atoms. The number of thiophene rings is 1. The van der Waals surface area contributed by atoms with E-state index in [1.807, 2.05) is 0 Å². The van der Waals surface area contributed by atoms with Crippen molar-refractivity contribution in [1.82, 2.24) is 4.31 Å². The number of aliphatic hydroxyl groups excluding tert-OH is 1. The van der Waals surface area contributed by atoms with E-state index in [0.717, 1.165) is 17.4 Å². The molecule has 0 aliphatic carbocycles. The Bertz CT molecular complexity index is 589. The lowest BCUT2D eigenvalue weighted by molar-refractivity contribution is 0.0702. The summed E-state index contributed by atoms with van der Waals surface area (Å²) < 4.78 is 26.3. The molecule has 2 N–H and O–H groups in total. The first-order valence-electron chi connectivity index (χ1n) is 5.53. The normalized spacial score (nSPS) is 18.6. The fourth-order valence-electron chi connectivity index (χ4n) is 1.85. The first kappa shape index (κ1) is 14.9. The van der Waals surface area contributed by atoms with Crippen molar-refractivity contribution in [2.24, 2.45) is 0 Å². The van der Waals surface area contributed by atoms with Crippen molar-refractivity contribution < 1.29 is 23.4 Å². The van der Waals surface area contributed by atoms with Gasteiger partial charge < -0.3 is 10.2 Å². The Labute approximate surface area is 122 Å². The van der Waals surface area contributed by atoms with E-state index in [-0.39, 0.29) is 26.6 Å². The van der Waals surface area contributed by atoms with Gasteiger partial charge >= 0.3 is 5.97 Å². The molecule has 1 aliphatic heterocycles. The number of aliphatic hydroxyl groups is 1. The predicted molar refractivity (Wildman–Crippen MR) is 73.0 cm³/mol. The fraction of sp³-hybridized carbons (Fsp3) is 0.500. The Morgan fingerprint density at radius 2 is 2.00 bits per heavy atom. The molecule has 0 saturated carbocycles. The third-order valence-corrected chi connectivity index (χ3v) is 7.05. The van der Waals surface area contributed by atoms with E-state index >= 15 is 0 Å². The summed E-state index contributed by atoms with van der Waals surface area (Å²) in [6, 6.07) is 1.16. The average molecular weight is 370 g/mol. The second-order valence-electron chi connectivity index (χ2n) is 4.19. The Morgan fingerprint density at radius 3 is 2.47 bits per heavy atom. The van der Waals surface area contributed by atoms with Gasteiger partial charge in [0.2, 0.25) is 10.0 Å². The van der Waals surface area contributed by atoms with Crippen molar-refractivity contribution in [3.63, 3.8) is 0 Å². The van der Waals surface area contributed by atoms with Gasteiger partial charge in [-0.15, -0.1) is 11.3 Å². The molecule has 0 atom stereocenters. The topological polar surface area (TPSA) is 94.9 Å². The van der Waals surface area contributed by atoms with Crippen LogP contribution >= 0.6 is 27.3 Å². The summed E-state index contributed by atoms with van der Waals surface area (Å²) in [4.78, 5) is 10.8. The number of carboxylic acids is 1. The molecule has 1 aliphatic rings. The number of nitrogens with zero attached hydrogens (tertiary/aromatic N) is 1. The van der Waals surface area contributed by atoms with Crippen LogP contribution in [0.4, 0.5) is 0 Å². The van der Waals surface area contributed by atoms with E-state index in [2.05, 4.69) is 15.9 Å². The minimum absolute atomic E-state index is 0.0220. The van der Waals surface area contributed by atoms with Crippen LogP contribution in [0.15, 0.2) is 14.7 Å². The van der Waals surface area contributed by atoms with Crippen molar-refractivity contribution >= 4 is 43.3 Å². The van der Waals surface area contributed by atoms with Gasteiger partial charge in [-0.3, -0.25) is 0 Å². The number of carbonyl (C=O) groups is 1. The number of piperidine rings is 1. The minimum Gasteiger partial charge on any atom is -0.477 e. The lowest BCUT2D eigenvalue weighted by Gasteiger charge is -2.28. The predicted octanol–water partition coefficient (Wildman–Crippen LogP) is 1.35. The molecule has 0 bridgehead atoms. The van der Waals surface area contributed by atoms with E-state index in [1.165, 1.54) is 4.31 Å². The Balaban J connectivity index is 2.32. The van der Waals surface area contributed by atoms with Gasteiger partial charge in [0.1, 0.15) is 9.77 Å². The number of hydrogen-bond donors (Lipinski definition) is 2. The van der Waals surface area contributed by atoms with E-state index < -0.39 is 22.1 Å². The van der Waals surface area contributed by atoms with Crippen LogP contribution in [0.2, 0.25) is 0 Å². The van der Waals surface area contributed by atoms with Crippen molar-refractivity contribution in [1.29, 1.82) is 0 Å². The zero-order valence-electron chi connectivity index (χ0n) is 9.74. The molecule has 1 aromatic rings. The Kier molecular flexibility index (Phi) is 4.31. The molecule has 0 aromatic carbocycles. The lowest BCUT2D eigenvalue weighted by Crippen LogP contribution is -2.39. The highest BCUT2D eigenvalue weighted by molar-refractivity contribution is 9.11. The molecule has 0 unspecified atom stereocenters. The van der Waals surface area contributed by atoms with Crippen LogP contribution in [0, 0.1) is 0 Å². The van der Waals surface area contributed by atoms with E-state index in [4.69, 9.17) is 5.11 Å². The highest BCUT2D eigenvalue weighted by atomic mass is 79.9. The molecule has 106 valence electrons. The Morgan fingerprint density at radius 1 is 1.42 bits per heavy atom. The van der Waals surface area contributed by atoms with E-state index in [1.54, 1.807) is 0 Å². The average Bonchev–Trinajstić information content (AvgIpc) is 2.73. The van der Waals surface area contributed by atoms with Crippen LogP contribution in [0.3, 0.4) is 0 Å². The number of sulfonamides is 1. The molecule has 6 nitrogen and oxygen atoms in total. The highest BCUT2D eigenvalue weighted by Crippen LogP contribution is 2.34. The first-order chi connectivity index (χ1) is 8.82. The maximum Gasteiger partial charge on any atom is 0.345 e. The van der Waals surface area contributed by atoms with Crippen molar-refractivity contribution in [3.05, 3.63) is 14.7 Å². The van der Waals surface area contributed by atoms with Crippen molar-refractivity contribution in [3.8, 4) is 0 Å². The first-order valence-corrected chi connectivity index (χ1v) is 8.58. The van der Waals surface area contributed by atoms with Gasteiger partial charge in [-0.05, 0) is 34.8 Å².